The highest BCUT2D eigenvalue weighted by atomic mass is 15.1. The standard InChI is InChI=1S/C10H13N3/c1-10(2,3)9-7-6-12-13-8(7)4-5-11-9/h4-6H,1-3H3,(H,12,13). The summed E-state index contributed by atoms with van der Waals surface area (Å²) in [4.78, 5) is 4.39. The fourth-order valence-electron chi connectivity index (χ4n) is 1.47. The maximum atomic E-state index is 4.39. The van der Waals surface area contributed by atoms with Gasteiger partial charge in [-0.15, -0.1) is 0 Å². The Bertz CT molecular complexity index is 423. The van der Waals surface area contributed by atoms with Gasteiger partial charge in [0.1, 0.15) is 0 Å². The molecule has 0 amide bonds. The van der Waals surface area contributed by atoms with Crippen molar-refractivity contribution >= 4 is 10.9 Å². The molecule has 0 saturated carbocycles. The molecule has 0 aliphatic heterocycles. The number of nitrogens with one attached hydrogen (secondary N) is 1. The first-order valence-electron chi connectivity index (χ1n) is 4.37. The average molecular weight is 175 g/mol. The molecule has 0 unspecified atom stereocenters. The van der Waals surface area contributed by atoms with Gasteiger partial charge in [-0.3, -0.25) is 10.1 Å². The van der Waals surface area contributed by atoms with E-state index >= 15 is 0 Å². The molecule has 0 aliphatic carbocycles. The molecule has 3 nitrogen and oxygen atoms in total. The lowest BCUT2D eigenvalue weighted by Gasteiger charge is -2.17. The van der Waals surface area contributed by atoms with Gasteiger partial charge in [0.15, 0.2) is 0 Å². The molecule has 2 aromatic heterocycles. The predicted octanol–water partition coefficient (Wildman–Crippen LogP) is 2.26. The topological polar surface area (TPSA) is 41.6 Å². The summed E-state index contributed by atoms with van der Waals surface area (Å²) in [5, 5.41) is 8.07. The van der Waals surface area contributed by atoms with Crippen molar-refractivity contribution in [2.75, 3.05) is 0 Å². The molecule has 0 saturated heterocycles. The molecule has 0 fully saturated rings. The van der Waals surface area contributed by atoms with Gasteiger partial charge in [-0.05, 0) is 6.07 Å². The summed E-state index contributed by atoms with van der Waals surface area (Å²) in [5.41, 5.74) is 2.22. The number of H-pyrrole nitrogens is 1. The first-order valence-corrected chi connectivity index (χ1v) is 4.37. The third kappa shape index (κ3) is 1.30. The normalized spacial score (nSPS) is 12.2. The Morgan fingerprint density at radius 1 is 1.31 bits per heavy atom. The number of pyridine rings is 1. The Balaban J connectivity index is 2.75. The average Bonchev–Trinajstić information content (AvgIpc) is 2.48. The first kappa shape index (κ1) is 8.23. The predicted molar refractivity (Wildman–Crippen MR) is 52.6 cm³/mol. The lowest BCUT2D eigenvalue weighted by atomic mass is 9.90. The Labute approximate surface area is 77.2 Å². The van der Waals surface area contributed by atoms with Crippen molar-refractivity contribution in [2.45, 2.75) is 26.2 Å². The van der Waals surface area contributed by atoms with Crippen molar-refractivity contribution in [3.05, 3.63) is 24.2 Å². The van der Waals surface area contributed by atoms with Gasteiger partial charge in [-0.1, -0.05) is 20.8 Å². The van der Waals surface area contributed by atoms with Gasteiger partial charge in [0.2, 0.25) is 0 Å². The van der Waals surface area contributed by atoms with Crippen molar-refractivity contribution in [3.8, 4) is 0 Å². The van der Waals surface area contributed by atoms with E-state index in [0.29, 0.717) is 0 Å². The Morgan fingerprint density at radius 2 is 2.08 bits per heavy atom. The number of aromatic amines is 1. The molecule has 68 valence electrons. The maximum absolute atomic E-state index is 4.39. The van der Waals surface area contributed by atoms with Crippen molar-refractivity contribution in [1.82, 2.24) is 15.2 Å². The quantitative estimate of drug-likeness (QED) is 0.667. The van der Waals surface area contributed by atoms with E-state index in [1.165, 1.54) is 0 Å². The van der Waals surface area contributed by atoms with E-state index in [9.17, 15) is 0 Å². The van der Waals surface area contributed by atoms with E-state index in [0.717, 1.165) is 16.6 Å². The molecule has 2 aromatic rings. The summed E-state index contributed by atoms with van der Waals surface area (Å²) < 4.78 is 0. The van der Waals surface area contributed by atoms with E-state index < -0.39 is 0 Å². The van der Waals surface area contributed by atoms with Gasteiger partial charge in [0, 0.05) is 17.0 Å². The molecule has 0 bridgehead atoms. The molecule has 1 N–H and O–H groups in total. The highest BCUT2D eigenvalue weighted by molar-refractivity contribution is 5.80. The summed E-state index contributed by atoms with van der Waals surface area (Å²) in [7, 11) is 0. The monoisotopic (exact) mass is 175 g/mol. The van der Waals surface area contributed by atoms with E-state index in [1.807, 2.05) is 18.5 Å². The largest absolute Gasteiger partial charge is 0.278 e. The van der Waals surface area contributed by atoms with Crippen LogP contribution in [0.1, 0.15) is 26.5 Å². The fraction of sp³-hybridized carbons (Fsp3) is 0.400. The molecule has 0 radical (unpaired) electrons. The lowest BCUT2D eigenvalue weighted by Crippen LogP contribution is -2.13. The summed E-state index contributed by atoms with van der Waals surface area (Å²) in [6.07, 6.45) is 3.66. The Kier molecular flexibility index (Phi) is 1.62. The van der Waals surface area contributed by atoms with Crippen LogP contribution in [-0.2, 0) is 5.41 Å². The van der Waals surface area contributed by atoms with Gasteiger partial charge in [-0.25, -0.2) is 0 Å². The summed E-state index contributed by atoms with van der Waals surface area (Å²) in [5.74, 6) is 0. The molecule has 3 heteroatoms. The molecule has 0 atom stereocenters. The molecule has 13 heavy (non-hydrogen) atoms. The summed E-state index contributed by atoms with van der Waals surface area (Å²) >= 11 is 0. The lowest BCUT2D eigenvalue weighted by molar-refractivity contribution is 0.575. The van der Waals surface area contributed by atoms with Gasteiger partial charge in [0.25, 0.3) is 0 Å². The van der Waals surface area contributed by atoms with Crippen LogP contribution < -0.4 is 0 Å². The van der Waals surface area contributed by atoms with Gasteiger partial charge >= 0.3 is 0 Å². The van der Waals surface area contributed by atoms with Crippen molar-refractivity contribution < 1.29 is 0 Å². The number of fused-ring (bicyclic) bond motifs is 1. The fourth-order valence-corrected chi connectivity index (χ4v) is 1.47. The molecule has 0 aliphatic rings. The molecular weight excluding hydrogens is 162 g/mol. The van der Waals surface area contributed by atoms with Crippen LogP contribution in [0.25, 0.3) is 10.9 Å². The molecular formula is C10H13N3. The second-order valence-corrected chi connectivity index (χ2v) is 4.24. The van der Waals surface area contributed by atoms with Crippen molar-refractivity contribution in [2.24, 2.45) is 0 Å². The minimum atomic E-state index is 0.0728. The highest BCUT2D eigenvalue weighted by Crippen LogP contribution is 2.26. The zero-order valence-electron chi connectivity index (χ0n) is 8.13. The Hall–Kier alpha value is -1.38. The van der Waals surface area contributed by atoms with E-state index in [2.05, 4.69) is 36.0 Å². The summed E-state index contributed by atoms with van der Waals surface area (Å²) in [6, 6.07) is 1.94. The van der Waals surface area contributed by atoms with E-state index in [-0.39, 0.29) is 5.41 Å². The van der Waals surface area contributed by atoms with Gasteiger partial charge in [-0.2, -0.15) is 5.10 Å². The minimum absolute atomic E-state index is 0.0728. The van der Waals surface area contributed by atoms with Crippen LogP contribution in [0.4, 0.5) is 0 Å². The van der Waals surface area contributed by atoms with Crippen molar-refractivity contribution in [3.63, 3.8) is 0 Å². The van der Waals surface area contributed by atoms with Crippen LogP contribution in [0.2, 0.25) is 0 Å². The van der Waals surface area contributed by atoms with Gasteiger partial charge in [0.05, 0.1) is 17.4 Å². The SMILES string of the molecule is CC(C)(C)c1nccc2[nH]ncc12. The van der Waals surface area contributed by atoms with Crippen LogP contribution in [0.3, 0.4) is 0 Å². The summed E-state index contributed by atoms with van der Waals surface area (Å²) in [6.45, 7) is 6.46. The third-order valence-electron chi connectivity index (χ3n) is 2.08. The number of aromatic nitrogens is 3. The Morgan fingerprint density at radius 3 is 2.77 bits per heavy atom. The number of hydrogen-bond acceptors (Lipinski definition) is 2. The van der Waals surface area contributed by atoms with Crippen molar-refractivity contribution in [1.29, 1.82) is 0 Å². The van der Waals surface area contributed by atoms with Crippen LogP contribution >= 0.6 is 0 Å². The highest BCUT2D eigenvalue weighted by Gasteiger charge is 2.18. The zero-order chi connectivity index (χ0) is 9.47. The second-order valence-electron chi connectivity index (χ2n) is 4.24. The number of hydrogen-bond donors (Lipinski definition) is 1. The second kappa shape index (κ2) is 2.55. The molecule has 0 aromatic carbocycles. The minimum Gasteiger partial charge on any atom is -0.278 e. The first-order chi connectivity index (χ1) is 6.09. The number of nitrogens with zero attached hydrogens (tertiary/aromatic N) is 2. The number of rotatable bonds is 0. The van der Waals surface area contributed by atoms with Crippen LogP contribution in [0, 0.1) is 0 Å². The van der Waals surface area contributed by atoms with Crippen LogP contribution in [-0.4, -0.2) is 15.2 Å². The molecule has 0 spiro atoms. The van der Waals surface area contributed by atoms with Gasteiger partial charge < -0.3 is 0 Å². The van der Waals surface area contributed by atoms with E-state index in [1.54, 1.807) is 0 Å². The molecule has 2 rings (SSSR count). The maximum Gasteiger partial charge on any atom is 0.0684 e. The zero-order valence-corrected chi connectivity index (χ0v) is 8.13. The van der Waals surface area contributed by atoms with Crippen LogP contribution in [0.15, 0.2) is 18.5 Å². The third-order valence-corrected chi connectivity index (χ3v) is 2.08. The smallest absolute Gasteiger partial charge is 0.0684 e. The van der Waals surface area contributed by atoms with Crippen LogP contribution in [0.5, 0.6) is 0 Å². The van der Waals surface area contributed by atoms with E-state index in [4.69, 9.17) is 0 Å². The molecule has 2 heterocycles.